The first kappa shape index (κ1) is 15.4. The van der Waals surface area contributed by atoms with E-state index < -0.39 is 0 Å². The second kappa shape index (κ2) is 10.0. The minimum atomic E-state index is -0.0239. The molecule has 0 unspecified atom stereocenters. The summed E-state index contributed by atoms with van der Waals surface area (Å²) in [5.41, 5.74) is 5.41. The fourth-order valence-corrected chi connectivity index (χ4v) is 0.913. The van der Waals surface area contributed by atoms with E-state index in [0.29, 0.717) is 6.54 Å². The average molecular weight is 189 g/mol. The van der Waals surface area contributed by atoms with Gasteiger partial charge in [0.15, 0.2) is 0 Å². The normalized spacial score (nSPS) is 10.6. The molecule has 2 nitrogen and oxygen atoms in total. The lowest BCUT2D eigenvalue weighted by Crippen LogP contribution is -2.28. The SMILES string of the molecule is CC.CCCCOC(C)(C)CCN. The van der Waals surface area contributed by atoms with E-state index in [-0.39, 0.29) is 5.60 Å². The van der Waals surface area contributed by atoms with Crippen molar-refractivity contribution in [3.05, 3.63) is 0 Å². The molecule has 0 rings (SSSR count). The van der Waals surface area contributed by atoms with Gasteiger partial charge in [0, 0.05) is 6.61 Å². The lowest BCUT2D eigenvalue weighted by Gasteiger charge is -2.24. The van der Waals surface area contributed by atoms with Crippen LogP contribution in [0.15, 0.2) is 0 Å². The van der Waals surface area contributed by atoms with E-state index in [1.807, 2.05) is 13.8 Å². The van der Waals surface area contributed by atoms with Gasteiger partial charge in [-0.25, -0.2) is 0 Å². The van der Waals surface area contributed by atoms with E-state index in [4.69, 9.17) is 10.5 Å². The maximum absolute atomic E-state index is 5.63. The van der Waals surface area contributed by atoms with Crippen molar-refractivity contribution in [3.63, 3.8) is 0 Å². The van der Waals surface area contributed by atoms with Crippen LogP contribution >= 0.6 is 0 Å². The van der Waals surface area contributed by atoms with Crippen molar-refractivity contribution in [1.29, 1.82) is 0 Å². The summed E-state index contributed by atoms with van der Waals surface area (Å²) in [5, 5.41) is 0. The summed E-state index contributed by atoms with van der Waals surface area (Å²) in [6.07, 6.45) is 3.28. The van der Waals surface area contributed by atoms with Crippen molar-refractivity contribution in [3.8, 4) is 0 Å². The molecule has 0 heterocycles. The Labute approximate surface area is 83.8 Å². The van der Waals surface area contributed by atoms with Crippen LogP contribution in [0.25, 0.3) is 0 Å². The number of nitrogens with two attached hydrogens (primary N) is 1. The van der Waals surface area contributed by atoms with Crippen molar-refractivity contribution >= 4 is 0 Å². The Kier molecular flexibility index (Phi) is 11.8. The molecule has 0 aromatic heterocycles. The highest BCUT2D eigenvalue weighted by Crippen LogP contribution is 2.13. The fraction of sp³-hybridized carbons (Fsp3) is 1.00. The van der Waals surface area contributed by atoms with E-state index in [2.05, 4.69) is 20.8 Å². The second-order valence-electron chi connectivity index (χ2n) is 3.50. The van der Waals surface area contributed by atoms with E-state index in [1.165, 1.54) is 6.42 Å². The van der Waals surface area contributed by atoms with Crippen LogP contribution in [0.2, 0.25) is 0 Å². The molecule has 0 aromatic carbocycles. The van der Waals surface area contributed by atoms with Gasteiger partial charge < -0.3 is 10.5 Å². The standard InChI is InChI=1S/C9H21NO.C2H6/c1-4-5-8-11-9(2,3)6-7-10;1-2/h4-8,10H2,1-3H3;1-2H3. The maximum Gasteiger partial charge on any atom is 0.0638 e. The van der Waals surface area contributed by atoms with Crippen LogP contribution in [0.4, 0.5) is 0 Å². The third kappa shape index (κ3) is 11.9. The largest absolute Gasteiger partial charge is 0.376 e. The van der Waals surface area contributed by atoms with Crippen LogP contribution in [0.1, 0.15) is 53.9 Å². The minimum absolute atomic E-state index is 0.0239. The zero-order valence-electron chi connectivity index (χ0n) is 10.0. The molecule has 13 heavy (non-hydrogen) atoms. The number of unbranched alkanes of at least 4 members (excludes halogenated alkanes) is 1. The van der Waals surface area contributed by atoms with Gasteiger partial charge in [-0.1, -0.05) is 27.2 Å². The van der Waals surface area contributed by atoms with E-state index in [1.54, 1.807) is 0 Å². The van der Waals surface area contributed by atoms with E-state index in [9.17, 15) is 0 Å². The van der Waals surface area contributed by atoms with Gasteiger partial charge in [0.2, 0.25) is 0 Å². The lowest BCUT2D eigenvalue weighted by atomic mass is 10.1. The van der Waals surface area contributed by atoms with E-state index >= 15 is 0 Å². The monoisotopic (exact) mass is 189 g/mol. The Morgan fingerprint density at radius 1 is 1.23 bits per heavy atom. The Morgan fingerprint density at radius 2 is 1.77 bits per heavy atom. The Morgan fingerprint density at radius 3 is 2.15 bits per heavy atom. The Hall–Kier alpha value is -0.0800. The van der Waals surface area contributed by atoms with Crippen LogP contribution < -0.4 is 5.73 Å². The van der Waals surface area contributed by atoms with Gasteiger partial charge in [-0.2, -0.15) is 0 Å². The summed E-state index contributed by atoms with van der Waals surface area (Å²) < 4.78 is 5.63. The van der Waals surface area contributed by atoms with Crippen molar-refractivity contribution in [2.45, 2.75) is 59.5 Å². The van der Waals surface area contributed by atoms with Crippen LogP contribution in [0, 0.1) is 0 Å². The van der Waals surface area contributed by atoms with Crippen LogP contribution in [0.3, 0.4) is 0 Å². The molecule has 0 aromatic rings. The van der Waals surface area contributed by atoms with Gasteiger partial charge in [-0.15, -0.1) is 0 Å². The quantitative estimate of drug-likeness (QED) is 0.652. The number of ether oxygens (including phenoxy) is 1. The van der Waals surface area contributed by atoms with Crippen LogP contribution in [0.5, 0.6) is 0 Å². The van der Waals surface area contributed by atoms with Crippen LogP contribution in [-0.2, 0) is 4.74 Å². The second-order valence-corrected chi connectivity index (χ2v) is 3.50. The zero-order chi connectivity index (χ0) is 10.7. The van der Waals surface area contributed by atoms with Gasteiger partial charge in [0.1, 0.15) is 0 Å². The van der Waals surface area contributed by atoms with Crippen molar-refractivity contribution in [2.75, 3.05) is 13.2 Å². The molecule has 0 saturated carbocycles. The highest BCUT2D eigenvalue weighted by Gasteiger charge is 2.15. The molecule has 2 heteroatoms. The van der Waals surface area contributed by atoms with Crippen molar-refractivity contribution < 1.29 is 4.74 Å². The van der Waals surface area contributed by atoms with Gasteiger partial charge in [0.05, 0.1) is 5.60 Å². The smallest absolute Gasteiger partial charge is 0.0638 e. The predicted molar refractivity (Wildman–Crippen MR) is 60.0 cm³/mol. The molecule has 0 atom stereocenters. The highest BCUT2D eigenvalue weighted by atomic mass is 16.5. The number of hydrogen-bond acceptors (Lipinski definition) is 2. The van der Waals surface area contributed by atoms with E-state index in [0.717, 1.165) is 19.4 Å². The Balaban J connectivity index is 0. The molecule has 0 aliphatic rings. The third-order valence-corrected chi connectivity index (χ3v) is 1.74. The molecule has 0 fully saturated rings. The molecule has 0 aliphatic heterocycles. The summed E-state index contributed by atoms with van der Waals surface area (Å²) in [4.78, 5) is 0. The van der Waals surface area contributed by atoms with Gasteiger partial charge in [-0.3, -0.25) is 0 Å². The molecule has 2 N–H and O–H groups in total. The lowest BCUT2D eigenvalue weighted by molar-refractivity contribution is -0.0227. The first-order valence-corrected chi connectivity index (χ1v) is 5.46. The first-order valence-electron chi connectivity index (χ1n) is 5.46. The summed E-state index contributed by atoms with van der Waals surface area (Å²) in [6, 6.07) is 0. The van der Waals surface area contributed by atoms with Gasteiger partial charge >= 0.3 is 0 Å². The Bertz CT molecular complexity index is 92.1. The summed E-state index contributed by atoms with van der Waals surface area (Å²) >= 11 is 0. The minimum Gasteiger partial charge on any atom is -0.376 e. The molecular formula is C11H27NO. The fourth-order valence-electron chi connectivity index (χ4n) is 0.913. The molecule has 0 radical (unpaired) electrons. The van der Waals surface area contributed by atoms with Gasteiger partial charge in [0.25, 0.3) is 0 Å². The summed E-state index contributed by atoms with van der Waals surface area (Å²) in [5.74, 6) is 0. The van der Waals surface area contributed by atoms with Crippen molar-refractivity contribution in [1.82, 2.24) is 0 Å². The molecular weight excluding hydrogens is 162 g/mol. The van der Waals surface area contributed by atoms with Crippen LogP contribution in [-0.4, -0.2) is 18.8 Å². The molecule has 0 bridgehead atoms. The van der Waals surface area contributed by atoms with Crippen molar-refractivity contribution in [2.24, 2.45) is 5.73 Å². The first-order chi connectivity index (χ1) is 6.12. The third-order valence-electron chi connectivity index (χ3n) is 1.74. The topological polar surface area (TPSA) is 35.2 Å². The number of hydrogen-bond donors (Lipinski definition) is 1. The number of rotatable bonds is 6. The zero-order valence-corrected chi connectivity index (χ0v) is 10.0. The molecule has 0 saturated heterocycles. The molecule has 82 valence electrons. The molecule has 0 spiro atoms. The summed E-state index contributed by atoms with van der Waals surface area (Å²) in [6.45, 7) is 11.9. The maximum atomic E-state index is 5.63. The predicted octanol–water partition coefficient (Wildman–Crippen LogP) is 2.96. The molecule has 0 aliphatic carbocycles. The molecule has 0 amide bonds. The average Bonchev–Trinajstić information content (AvgIpc) is 2.08. The highest BCUT2D eigenvalue weighted by molar-refractivity contribution is 4.68. The summed E-state index contributed by atoms with van der Waals surface area (Å²) in [7, 11) is 0. The van der Waals surface area contributed by atoms with Gasteiger partial charge in [-0.05, 0) is 33.2 Å².